The maximum atomic E-state index is 13.3. The maximum absolute atomic E-state index is 13.3. The molecule has 4 rings (SSSR count). The number of carbonyl (C=O) groups is 2. The molecule has 0 saturated heterocycles. The monoisotopic (exact) mass is 441 g/mol. The van der Waals surface area contributed by atoms with E-state index in [-0.39, 0.29) is 5.69 Å². The van der Waals surface area contributed by atoms with Crippen LogP contribution < -0.4 is 15.5 Å². The zero-order chi connectivity index (χ0) is 23.0. The highest BCUT2D eigenvalue weighted by Gasteiger charge is 2.14. The number of hydrogen-bond donors (Lipinski definition) is 2. The molecular formula is C26H20FN3O3. The molecule has 33 heavy (non-hydrogen) atoms. The first kappa shape index (κ1) is 21.7. The topological polar surface area (TPSA) is 79.8 Å². The third-order valence-electron chi connectivity index (χ3n) is 4.82. The second-order valence-electron chi connectivity index (χ2n) is 7.14. The standard InChI is InChI=1S/C26H20FN3O3/c27-20-10-6-11-21(15-20)29-25(31)26(32)30-28-16-23-22-12-5-4-9-19(22)13-14-24(23)33-17-18-7-2-1-3-8-18/h1-16H,17H2,(H,29,31)(H,30,32)/b28-16+. The Morgan fingerprint density at radius 1 is 0.879 bits per heavy atom. The molecule has 0 unspecified atom stereocenters. The van der Waals surface area contributed by atoms with Gasteiger partial charge in [-0.1, -0.05) is 66.7 Å². The zero-order valence-electron chi connectivity index (χ0n) is 17.5. The number of hydrogen-bond acceptors (Lipinski definition) is 4. The van der Waals surface area contributed by atoms with Gasteiger partial charge in [0.2, 0.25) is 0 Å². The number of amides is 2. The summed E-state index contributed by atoms with van der Waals surface area (Å²) in [6.45, 7) is 0.364. The van der Waals surface area contributed by atoms with Crippen molar-refractivity contribution in [2.24, 2.45) is 5.10 Å². The Labute approximate surface area is 189 Å². The lowest BCUT2D eigenvalue weighted by Gasteiger charge is -2.12. The molecule has 0 aliphatic rings. The molecule has 0 spiro atoms. The summed E-state index contributed by atoms with van der Waals surface area (Å²) in [7, 11) is 0. The number of nitrogens with zero attached hydrogens (tertiary/aromatic N) is 1. The molecule has 2 N–H and O–H groups in total. The lowest BCUT2D eigenvalue weighted by Crippen LogP contribution is -2.32. The van der Waals surface area contributed by atoms with Crippen molar-refractivity contribution in [3.8, 4) is 5.75 Å². The van der Waals surface area contributed by atoms with Crippen molar-refractivity contribution in [3.63, 3.8) is 0 Å². The number of carbonyl (C=O) groups excluding carboxylic acids is 2. The number of halogens is 1. The van der Waals surface area contributed by atoms with Crippen LogP contribution in [0.15, 0.2) is 96.1 Å². The second kappa shape index (κ2) is 10.2. The van der Waals surface area contributed by atoms with E-state index in [4.69, 9.17) is 4.74 Å². The Kier molecular flexibility index (Phi) is 6.70. The fraction of sp³-hybridized carbons (Fsp3) is 0.0385. The minimum absolute atomic E-state index is 0.171. The Morgan fingerprint density at radius 3 is 2.48 bits per heavy atom. The van der Waals surface area contributed by atoms with Crippen molar-refractivity contribution in [1.29, 1.82) is 0 Å². The molecule has 4 aromatic carbocycles. The van der Waals surface area contributed by atoms with Crippen molar-refractivity contribution < 1.29 is 18.7 Å². The third-order valence-corrected chi connectivity index (χ3v) is 4.82. The quantitative estimate of drug-likeness (QED) is 0.260. The first-order valence-corrected chi connectivity index (χ1v) is 10.2. The molecule has 164 valence electrons. The molecule has 0 radical (unpaired) electrons. The number of anilines is 1. The minimum atomic E-state index is -0.984. The predicted molar refractivity (Wildman–Crippen MR) is 125 cm³/mol. The summed E-state index contributed by atoms with van der Waals surface area (Å²) >= 11 is 0. The summed E-state index contributed by atoms with van der Waals surface area (Å²) in [5.74, 6) is -1.89. The normalized spacial score (nSPS) is 10.8. The number of fused-ring (bicyclic) bond motifs is 1. The fourth-order valence-corrected chi connectivity index (χ4v) is 3.23. The second-order valence-corrected chi connectivity index (χ2v) is 7.14. The summed E-state index contributed by atoms with van der Waals surface area (Å²) in [5.41, 5.74) is 4.04. The molecule has 6 nitrogen and oxygen atoms in total. The van der Waals surface area contributed by atoms with Crippen molar-refractivity contribution in [1.82, 2.24) is 5.43 Å². The van der Waals surface area contributed by atoms with Gasteiger partial charge in [0.1, 0.15) is 18.2 Å². The molecule has 0 aliphatic heterocycles. The highest BCUT2D eigenvalue weighted by atomic mass is 19.1. The van der Waals surface area contributed by atoms with Crippen LogP contribution in [-0.2, 0) is 16.2 Å². The molecule has 0 heterocycles. The van der Waals surface area contributed by atoms with Gasteiger partial charge in [-0.25, -0.2) is 9.82 Å². The Morgan fingerprint density at radius 2 is 1.67 bits per heavy atom. The van der Waals surface area contributed by atoms with Crippen LogP contribution in [0.3, 0.4) is 0 Å². The SMILES string of the molecule is O=C(N/N=C/c1c(OCc2ccccc2)ccc2ccccc12)C(=O)Nc1cccc(F)c1. The molecule has 7 heteroatoms. The van der Waals surface area contributed by atoms with E-state index in [1.165, 1.54) is 24.4 Å². The van der Waals surface area contributed by atoms with Gasteiger partial charge in [-0.2, -0.15) is 5.10 Å². The number of nitrogens with one attached hydrogen (secondary N) is 2. The van der Waals surface area contributed by atoms with E-state index < -0.39 is 17.6 Å². The van der Waals surface area contributed by atoms with Gasteiger partial charge < -0.3 is 10.1 Å². The molecule has 0 fully saturated rings. The highest BCUT2D eigenvalue weighted by molar-refractivity contribution is 6.39. The van der Waals surface area contributed by atoms with Crippen molar-refractivity contribution in [3.05, 3.63) is 108 Å². The van der Waals surface area contributed by atoms with E-state index in [2.05, 4.69) is 15.8 Å². The van der Waals surface area contributed by atoms with Crippen LogP contribution in [0.1, 0.15) is 11.1 Å². The number of hydrazone groups is 1. The molecule has 0 bridgehead atoms. The predicted octanol–water partition coefficient (Wildman–Crippen LogP) is 4.65. The summed E-state index contributed by atoms with van der Waals surface area (Å²) in [4.78, 5) is 24.2. The smallest absolute Gasteiger partial charge is 0.329 e. The van der Waals surface area contributed by atoms with Crippen LogP contribution in [-0.4, -0.2) is 18.0 Å². The number of rotatable bonds is 6. The van der Waals surface area contributed by atoms with Gasteiger partial charge in [0.15, 0.2) is 0 Å². The zero-order valence-corrected chi connectivity index (χ0v) is 17.5. The summed E-state index contributed by atoms with van der Waals surface area (Å²) in [6, 6.07) is 26.5. The summed E-state index contributed by atoms with van der Waals surface area (Å²) < 4.78 is 19.3. The summed E-state index contributed by atoms with van der Waals surface area (Å²) in [5, 5.41) is 8.12. The summed E-state index contributed by atoms with van der Waals surface area (Å²) in [6.07, 6.45) is 1.44. The molecular weight excluding hydrogens is 421 g/mol. The van der Waals surface area contributed by atoms with E-state index in [1.807, 2.05) is 66.7 Å². The van der Waals surface area contributed by atoms with Crippen molar-refractivity contribution >= 4 is 34.5 Å². The number of benzene rings is 4. The van der Waals surface area contributed by atoms with Crippen molar-refractivity contribution in [2.45, 2.75) is 6.61 Å². The fourth-order valence-electron chi connectivity index (χ4n) is 3.23. The van der Waals surface area contributed by atoms with Crippen LogP contribution in [0, 0.1) is 5.82 Å². The first-order chi connectivity index (χ1) is 16.1. The van der Waals surface area contributed by atoms with Crippen molar-refractivity contribution in [2.75, 3.05) is 5.32 Å². The van der Waals surface area contributed by atoms with Gasteiger partial charge in [0.05, 0.1) is 6.21 Å². The minimum Gasteiger partial charge on any atom is -0.488 e. The Balaban J connectivity index is 1.50. The molecule has 2 amide bonds. The maximum Gasteiger partial charge on any atom is 0.329 e. The van der Waals surface area contributed by atoms with Gasteiger partial charge in [-0.05, 0) is 40.6 Å². The molecule has 0 saturated carbocycles. The van der Waals surface area contributed by atoms with Gasteiger partial charge in [-0.3, -0.25) is 9.59 Å². The Bertz CT molecular complexity index is 1320. The van der Waals surface area contributed by atoms with Crippen LogP contribution in [0.2, 0.25) is 0 Å². The lowest BCUT2D eigenvalue weighted by molar-refractivity contribution is -0.136. The Hall–Kier alpha value is -4.52. The third kappa shape index (κ3) is 5.59. The van der Waals surface area contributed by atoms with Gasteiger partial charge >= 0.3 is 11.8 Å². The van der Waals surface area contributed by atoms with E-state index in [9.17, 15) is 14.0 Å². The van der Waals surface area contributed by atoms with E-state index in [0.29, 0.717) is 17.9 Å². The van der Waals surface area contributed by atoms with E-state index in [1.54, 1.807) is 0 Å². The highest BCUT2D eigenvalue weighted by Crippen LogP contribution is 2.27. The lowest BCUT2D eigenvalue weighted by atomic mass is 10.0. The van der Waals surface area contributed by atoms with Crippen LogP contribution in [0.5, 0.6) is 5.75 Å². The average molecular weight is 441 g/mol. The van der Waals surface area contributed by atoms with E-state index in [0.717, 1.165) is 22.4 Å². The molecule has 0 aliphatic carbocycles. The van der Waals surface area contributed by atoms with E-state index >= 15 is 0 Å². The van der Waals surface area contributed by atoms with Crippen LogP contribution in [0.4, 0.5) is 10.1 Å². The molecule has 0 atom stereocenters. The largest absolute Gasteiger partial charge is 0.488 e. The first-order valence-electron chi connectivity index (χ1n) is 10.2. The van der Waals surface area contributed by atoms with Crippen LogP contribution >= 0.6 is 0 Å². The van der Waals surface area contributed by atoms with Gasteiger partial charge in [-0.15, -0.1) is 0 Å². The van der Waals surface area contributed by atoms with Gasteiger partial charge in [0, 0.05) is 11.3 Å². The van der Waals surface area contributed by atoms with Gasteiger partial charge in [0.25, 0.3) is 0 Å². The molecule has 4 aromatic rings. The average Bonchev–Trinajstić information content (AvgIpc) is 2.84. The van der Waals surface area contributed by atoms with Crippen LogP contribution in [0.25, 0.3) is 10.8 Å². The molecule has 0 aromatic heterocycles. The number of ether oxygens (including phenoxy) is 1.